The third-order valence-electron chi connectivity index (χ3n) is 6.25. The number of rotatable bonds is 7. The third kappa shape index (κ3) is 4.43. The summed E-state index contributed by atoms with van der Waals surface area (Å²) in [4.78, 5) is 45.5. The quantitative estimate of drug-likeness (QED) is 0.314. The number of fused-ring (bicyclic) bond motifs is 1. The Morgan fingerprint density at radius 2 is 1.82 bits per heavy atom. The predicted octanol–water partition coefficient (Wildman–Crippen LogP) is 4.35. The van der Waals surface area contributed by atoms with Crippen molar-refractivity contribution in [2.24, 2.45) is 4.99 Å². The van der Waals surface area contributed by atoms with Gasteiger partial charge in [0.05, 0.1) is 18.5 Å². The molecular formula is C28H25N7O3. The number of para-hydroxylation sites is 1. The van der Waals surface area contributed by atoms with Crippen LogP contribution in [-0.2, 0) is 0 Å². The van der Waals surface area contributed by atoms with Gasteiger partial charge in [0, 0.05) is 35.0 Å². The summed E-state index contributed by atoms with van der Waals surface area (Å²) in [5.74, 6) is 0.282. The lowest BCUT2D eigenvalue weighted by Crippen LogP contribution is -2.26. The standard InChI is InChI=1S/C28H25N7O3/c1-16(32-25-24(29-3)17(2)33-27(37)34-25)22-13-18-9-8-12-21(19-14-30-28(38-4)31-15-19)23(18)26(36)35(22)20-10-6-5-7-11-20/h5-16H,3H2,1-2,4H3,(H2,32,33,34,37). The number of H-pyrrole nitrogens is 1. The molecule has 0 radical (unpaired) electrons. The summed E-state index contributed by atoms with van der Waals surface area (Å²) in [6.07, 6.45) is 3.27. The number of nitrogens with one attached hydrogen (secondary N) is 2. The second-order valence-corrected chi connectivity index (χ2v) is 8.66. The molecule has 3 aromatic heterocycles. The van der Waals surface area contributed by atoms with Gasteiger partial charge in [-0.25, -0.2) is 14.8 Å². The van der Waals surface area contributed by atoms with Crippen LogP contribution in [-0.4, -0.2) is 38.3 Å². The Morgan fingerprint density at radius 1 is 1.08 bits per heavy atom. The van der Waals surface area contributed by atoms with Crippen LogP contribution in [0.25, 0.3) is 27.6 Å². The molecule has 1 unspecified atom stereocenters. The Kier molecular flexibility index (Phi) is 6.53. The van der Waals surface area contributed by atoms with Gasteiger partial charge in [-0.05, 0) is 49.7 Å². The van der Waals surface area contributed by atoms with Gasteiger partial charge in [0.2, 0.25) is 0 Å². The summed E-state index contributed by atoms with van der Waals surface area (Å²) in [6.45, 7) is 7.23. The van der Waals surface area contributed by atoms with Crippen molar-refractivity contribution in [1.29, 1.82) is 0 Å². The largest absolute Gasteiger partial charge is 0.467 e. The highest BCUT2D eigenvalue weighted by atomic mass is 16.5. The minimum absolute atomic E-state index is 0.208. The average molecular weight is 508 g/mol. The number of aromatic amines is 1. The zero-order valence-corrected chi connectivity index (χ0v) is 21.1. The molecule has 10 nitrogen and oxygen atoms in total. The summed E-state index contributed by atoms with van der Waals surface area (Å²) in [5.41, 5.74) is 3.03. The highest BCUT2D eigenvalue weighted by Crippen LogP contribution is 2.31. The minimum Gasteiger partial charge on any atom is -0.467 e. The zero-order chi connectivity index (χ0) is 26.8. The third-order valence-corrected chi connectivity index (χ3v) is 6.25. The van der Waals surface area contributed by atoms with Crippen LogP contribution in [0.4, 0.5) is 11.5 Å². The number of hydrogen-bond acceptors (Lipinski definition) is 8. The maximum atomic E-state index is 14.2. The molecule has 0 spiro atoms. The number of aryl methyl sites for hydroxylation is 1. The molecule has 10 heteroatoms. The molecule has 2 N–H and O–H groups in total. The molecule has 5 aromatic rings. The van der Waals surface area contributed by atoms with Gasteiger partial charge in [-0.15, -0.1) is 0 Å². The Morgan fingerprint density at radius 3 is 2.50 bits per heavy atom. The second-order valence-electron chi connectivity index (χ2n) is 8.66. The lowest BCUT2D eigenvalue weighted by atomic mass is 9.99. The molecule has 190 valence electrons. The van der Waals surface area contributed by atoms with E-state index in [2.05, 4.69) is 37.0 Å². The van der Waals surface area contributed by atoms with E-state index >= 15 is 0 Å². The lowest BCUT2D eigenvalue weighted by molar-refractivity contribution is 0.380. The molecule has 5 rings (SSSR count). The van der Waals surface area contributed by atoms with Crippen molar-refractivity contribution in [2.45, 2.75) is 19.9 Å². The Labute approximate surface area is 217 Å². The smallest absolute Gasteiger partial charge is 0.347 e. The fourth-order valence-electron chi connectivity index (χ4n) is 4.50. The topological polar surface area (TPSA) is 127 Å². The van der Waals surface area contributed by atoms with E-state index in [-0.39, 0.29) is 17.4 Å². The van der Waals surface area contributed by atoms with E-state index in [1.54, 1.807) is 23.9 Å². The van der Waals surface area contributed by atoms with Gasteiger partial charge >= 0.3 is 11.7 Å². The number of nitrogens with zero attached hydrogens (tertiary/aromatic N) is 5. The van der Waals surface area contributed by atoms with E-state index in [0.717, 1.165) is 5.39 Å². The van der Waals surface area contributed by atoms with E-state index < -0.39 is 11.7 Å². The van der Waals surface area contributed by atoms with Crippen molar-refractivity contribution >= 4 is 29.0 Å². The molecule has 0 aliphatic carbocycles. The van der Waals surface area contributed by atoms with Gasteiger partial charge in [-0.3, -0.25) is 14.4 Å². The molecule has 0 bridgehead atoms. The van der Waals surface area contributed by atoms with Crippen molar-refractivity contribution in [3.05, 3.63) is 99.2 Å². The summed E-state index contributed by atoms with van der Waals surface area (Å²) in [5, 5.41) is 4.54. The van der Waals surface area contributed by atoms with Crippen LogP contribution in [0.3, 0.4) is 0 Å². The summed E-state index contributed by atoms with van der Waals surface area (Å²) < 4.78 is 6.74. The first-order valence-electron chi connectivity index (χ1n) is 11.9. The summed E-state index contributed by atoms with van der Waals surface area (Å²) >= 11 is 0. The van der Waals surface area contributed by atoms with Crippen molar-refractivity contribution in [1.82, 2.24) is 24.5 Å². The van der Waals surface area contributed by atoms with Gasteiger partial charge in [0.15, 0.2) is 5.82 Å². The predicted molar refractivity (Wildman–Crippen MR) is 148 cm³/mol. The SMILES string of the molecule is C=Nc1c(NC(C)c2cc3cccc(-c4cnc(OC)nc4)c3c(=O)n2-c2ccccc2)nc(=O)[nH]c1C. The number of benzene rings is 2. The Bertz CT molecular complexity index is 1760. The number of anilines is 1. The van der Waals surface area contributed by atoms with Crippen LogP contribution in [0.2, 0.25) is 0 Å². The zero-order valence-electron chi connectivity index (χ0n) is 21.1. The molecular weight excluding hydrogens is 482 g/mol. The van der Waals surface area contributed by atoms with Crippen molar-refractivity contribution < 1.29 is 4.74 Å². The molecule has 1 atom stereocenters. The van der Waals surface area contributed by atoms with E-state index in [1.807, 2.05) is 61.5 Å². The molecule has 0 aliphatic rings. The van der Waals surface area contributed by atoms with Gasteiger partial charge in [0.1, 0.15) is 5.69 Å². The average Bonchev–Trinajstić information content (AvgIpc) is 2.93. The monoisotopic (exact) mass is 507 g/mol. The van der Waals surface area contributed by atoms with Crippen LogP contribution < -0.4 is 21.3 Å². The number of aliphatic imine (C=N–C) groups is 1. The van der Waals surface area contributed by atoms with E-state index in [0.29, 0.717) is 39.3 Å². The normalized spacial score (nSPS) is 11.8. The van der Waals surface area contributed by atoms with E-state index in [1.165, 1.54) is 7.11 Å². The summed E-state index contributed by atoms with van der Waals surface area (Å²) in [6, 6.07) is 16.8. The number of ether oxygens (including phenoxy) is 1. The Balaban J connectivity index is 1.73. The fourth-order valence-corrected chi connectivity index (χ4v) is 4.50. The van der Waals surface area contributed by atoms with Crippen LogP contribution in [0, 0.1) is 6.92 Å². The molecule has 0 fully saturated rings. The van der Waals surface area contributed by atoms with Crippen molar-refractivity contribution in [3.63, 3.8) is 0 Å². The summed E-state index contributed by atoms with van der Waals surface area (Å²) in [7, 11) is 1.50. The van der Waals surface area contributed by atoms with E-state index in [9.17, 15) is 9.59 Å². The molecule has 3 heterocycles. The molecule has 38 heavy (non-hydrogen) atoms. The van der Waals surface area contributed by atoms with Crippen LogP contribution in [0.1, 0.15) is 24.4 Å². The van der Waals surface area contributed by atoms with Gasteiger partial charge in [-0.2, -0.15) is 4.98 Å². The number of pyridine rings is 1. The van der Waals surface area contributed by atoms with Crippen LogP contribution in [0.5, 0.6) is 6.01 Å². The number of methoxy groups -OCH3 is 1. The van der Waals surface area contributed by atoms with Crippen LogP contribution in [0.15, 0.2) is 81.6 Å². The van der Waals surface area contributed by atoms with E-state index in [4.69, 9.17) is 4.74 Å². The maximum Gasteiger partial charge on any atom is 0.347 e. The van der Waals surface area contributed by atoms with Gasteiger partial charge in [-0.1, -0.05) is 36.4 Å². The van der Waals surface area contributed by atoms with Gasteiger partial charge in [0.25, 0.3) is 5.56 Å². The van der Waals surface area contributed by atoms with Crippen molar-refractivity contribution in [3.8, 4) is 22.8 Å². The fraction of sp³-hybridized carbons (Fsp3) is 0.143. The Hall–Kier alpha value is -5.12. The lowest BCUT2D eigenvalue weighted by Gasteiger charge is -2.22. The second kappa shape index (κ2) is 10.1. The first-order chi connectivity index (χ1) is 18.4. The van der Waals surface area contributed by atoms with Crippen LogP contribution >= 0.6 is 0 Å². The highest BCUT2D eigenvalue weighted by Gasteiger charge is 2.20. The number of hydrogen-bond donors (Lipinski definition) is 2. The molecule has 0 saturated carbocycles. The first-order valence-corrected chi connectivity index (χ1v) is 11.9. The maximum absolute atomic E-state index is 14.2. The molecule has 2 aromatic carbocycles. The molecule has 0 aliphatic heterocycles. The van der Waals surface area contributed by atoms with Crippen molar-refractivity contribution in [2.75, 3.05) is 12.4 Å². The molecule has 0 amide bonds. The highest BCUT2D eigenvalue weighted by molar-refractivity contribution is 5.96. The minimum atomic E-state index is -0.505. The number of aromatic nitrogens is 5. The first kappa shape index (κ1) is 24.6. The van der Waals surface area contributed by atoms with Gasteiger partial charge < -0.3 is 15.0 Å². The molecule has 0 saturated heterocycles.